The van der Waals surface area contributed by atoms with Crippen LogP contribution in [0.4, 0.5) is 0 Å². The molecule has 0 aromatic heterocycles. The molecule has 0 rings (SSSR count). The minimum atomic E-state index is -0.560. The van der Waals surface area contributed by atoms with Crippen molar-refractivity contribution in [3.63, 3.8) is 0 Å². The minimum Gasteiger partial charge on any atom is -0.394 e. The molecule has 2 atom stereocenters. The summed E-state index contributed by atoms with van der Waals surface area (Å²) in [7, 11) is 0. The molecule has 4 heteroatoms. The Kier molecular flexibility index (Phi) is 15.9. The van der Waals surface area contributed by atoms with Gasteiger partial charge in [-0.25, -0.2) is 0 Å². The second-order valence-corrected chi connectivity index (χ2v) is 3.37. The maximum Gasteiger partial charge on any atom is 0.0780 e. The Morgan fingerprint density at radius 1 is 1.20 bits per heavy atom. The van der Waals surface area contributed by atoms with Gasteiger partial charge in [-0.15, -0.1) is 0 Å². The SMILES string of the molecule is CC(O)CO.CCCOC(C)COCC. The van der Waals surface area contributed by atoms with E-state index >= 15 is 0 Å². The quantitative estimate of drug-likeness (QED) is 0.679. The van der Waals surface area contributed by atoms with Crippen molar-refractivity contribution in [2.45, 2.75) is 46.3 Å². The lowest BCUT2D eigenvalue weighted by Gasteiger charge is -2.11. The fourth-order valence-electron chi connectivity index (χ4n) is 0.651. The second kappa shape index (κ2) is 13.8. The summed E-state index contributed by atoms with van der Waals surface area (Å²) in [4.78, 5) is 0. The maximum atomic E-state index is 8.11. The Balaban J connectivity index is 0. The highest BCUT2D eigenvalue weighted by Crippen LogP contribution is 1.92. The van der Waals surface area contributed by atoms with E-state index in [1.54, 1.807) is 0 Å². The smallest absolute Gasteiger partial charge is 0.0780 e. The Morgan fingerprint density at radius 3 is 2.07 bits per heavy atom. The molecule has 0 saturated carbocycles. The fourth-order valence-corrected chi connectivity index (χ4v) is 0.651. The van der Waals surface area contributed by atoms with Crippen LogP contribution in [0.2, 0.25) is 0 Å². The average molecular weight is 222 g/mol. The lowest BCUT2D eigenvalue weighted by Crippen LogP contribution is -2.16. The first-order valence-corrected chi connectivity index (χ1v) is 5.56. The predicted molar refractivity (Wildman–Crippen MR) is 61.0 cm³/mol. The van der Waals surface area contributed by atoms with Crippen molar-refractivity contribution < 1.29 is 19.7 Å². The molecule has 0 spiro atoms. The van der Waals surface area contributed by atoms with Crippen LogP contribution >= 0.6 is 0 Å². The Hall–Kier alpha value is -0.160. The van der Waals surface area contributed by atoms with Crippen molar-refractivity contribution in [1.29, 1.82) is 0 Å². The van der Waals surface area contributed by atoms with Crippen LogP contribution in [0, 0.1) is 0 Å². The van der Waals surface area contributed by atoms with E-state index in [0.717, 1.165) is 26.2 Å². The highest BCUT2D eigenvalue weighted by atomic mass is 16.5. The van der Waals surface area contributed by atoms with Crippen molar-refractivity contribution in [1.82, 2.24) is 0 Å². The van der Waals surface area contributed by atoms with Gasteiger partial charge in [-0.2, -0.15) is 0 Å². The van der Waals surface area contributed by atoms with E-state index < -0.39 is 6.10 Å². The molecule has 0 heterocycles. The van der Waals surface area contributed by atoms with Crippen LogP contribution in [0.15, 0.2) is 0 Å². The first kappa shape index (κ1) is 17.2. The van der Waals surface area contributed by atoms with Gasteiger partial charge in [0.1, 0.15) is 0 Å². The third-order valence-corrected chi connectivity index (χ3v) is 1.43. The van der Waals surface area contributed by atoms with Gasteiger partial charge < -0.3 is 19.7 Å². The Labute approximate surface area is 93.2 Å². The Bertz CT molecular complexity index is 98.8. The van der Waals surface area contributed by atoms with Crippen LogP contribution in [0.5, 0.6) is 0 Å². The van der Waals surface area contributed by atoms with E-state index in [-0.39, 0.29) is 12.7 Å². The van der Waals surface area contributed by atoms with Crippen molar-refractivity contribution in [2.75, 3.05) is 26.4 Å². The summed E-state index contributed by atoms with van der Waals surface area (Å²) in [5, 5.41) is 16.0. The lowest BCUT2D eigenvalue weighted by atomic mass is 10.4. The van der Waals surface area contributed by atoms with E-state index in [0.29, 0.717) is 0 Å². The highest BCUT2D eigenvalue weighted by molar-refractivity contribution is 4.45. The second-order valence-electron chi connectivity index (χ2n) is 3.37. The number of aliphatic hydroxyl groups excluding tert-OH is 2. The molecule has 0 aromatic carbocycles. The molecule has 2 unspecified atom stereocenters. The zero-order valence-corrected chi connectivity index (χ0v) is 10.4. The maximum absolute atomic E-state index is 8.11. The number of hydrogen-bond acceptors (Lipinski definition) is 4. The van der Waals surface area contributed by atoms with E-state index in [2.05, 4.69) is 6.92 Å². The number of ether oxygens (including phenoxy) is 2. The van der Waals surface area contributed by atoms with Crippen LogP contribution in [0.1, 0.15) is 34.1 Å². The monoisotopic (exact) mass is 222 g/mol. The molecule has 0 saturated heterocycles. The number of rotatable bonds is 7. The summed E-state index contributed by atoms with van der Waals surface area (Å²) in [6.07, 6.45) is 0.770. The molecule has 0 fully saturated rings. The molecule has 0 bridgehead atoms. The van der Waals surface area contributed by atoms with Crippen LogP contribution in [0.3, 0.4) is 0 Å². The molecule has 15 heavy (non-hydrogen) atoms. The summed E-state index contributed by atoms with van der Waals surface area (Å²) in [6, 6.07) is 0. The van der Waals surface area contributed by atoms with Crippen LogP contribution < -0.4 is 0 Å². The third-order valence-electron chi connectivity index (χ3n) is 1.43. The zero-order valence-electron chi connectivity index (χ0n) is 10.4. The van der Waals surface area contributed by atoms with Gasteiger partial charge in [0.2, 0.25) is 0 Å². The van der Waals surface area contributed by atoms with Gasteiger partial charge in [-0.05, 0) is 27.2 Å². The average Bonchev–Trinajstić information content (AvgIpc) is 2.24. The van der Waals surface area contributed by atoms with E-state index in [1.165, 1.54) is 6.92 Å². The molecular weight excluding hydrogens is 196 g/mol. The van der Waals surface area contributed by atoms with Gasteiger partial charge in [-0.3, -0.25) is 0 Å². The first-order chi connectivity index (χ1) is 7.08. The molecule has 2 N–H and O–H groups in total. The summed E-state index contributed by atoms with van der Waals surface area (Å²) in [5.41, 5.74) is 0. The summed E-state index contributed by atoms with van der Waals surface area (Å²) < 4.78 is 10.5. The molecule has 0 aliphatic heterocycles. The van der Waals surface area contributed by atoms with E-state index in [4.69, 9.17) is 19.7 Å². The van der Waals surface area contributed by atoms with Crippen molar-refractivity contribution in [2.24, 2.45) is 0 Å². The molecule has 0 aromatic rings. The van der Waals surface area contributed by atoms with Gasteiger partial charge in [0.15, 0.2) is 0 Å². The van der Waals surface area contributed by atoms with Crippen molar-refractivity contribution in [3.8, 4) is 0 Å². The number of aliphatic hydroxyl groups is 2. The third kappa shape index (κ3) is 20.0. The van der Waals surface area contributed by atoms with Gasteiger partial charge in [0.25, 0.3) is 0 Å². The largest absolute Gasteiger partial charge is 0.394 e. The van der Waals surface area contributed by atoms with Crippen LogP contribution in [-0.4, -0.2) is 48.8 Å². The molecule has 0 aliphatic rings. The fraction of sp³-hybridized carbons (Fsp3) is 1.00. The Morgan fingerprint density at radius 2 is 1.73 bits per heavy atom. The van der Waals surface area contributed by atoms with Crippen LogP contribution in [0.25, 0.3) is 0 Å². The number of hydrogen-bond donors (Lipinski definition) is 2. The molecule has 0 aliphatic carbocycles. The normalized spacial score (nSPS) is 14.0. The summed E-state index contributed by atoms with van der Waals surface area (Å²) in [5.74, 6) is 0. The zero-order chi connectivity index (χ0) is 12.1. The van der Waals surface area contributed by atoms with Crippen LogP contribution in [-0.2, 0) is 9.47 Å². The van der Waals surface area contributed by atoms with E-state index in [1.807, 2.05) is 13.8 Å². The van der Waals surface area contributed by atoms with Crippen molar-refractivity contribution >= 4 is 0 Å². The van der Waals surface area contributed by atoms with E-state index in [9.17, 15) is 0 Å². The minimum absolute atomic E-state index is 0.139. The van der Waals surface area contributed by atoms with Gasteiger partial charge in [-0.1, -0.05) is 6.92 Å². The van der Waals surface area contributed by atoms with Crippen molar-refractivity contribution in [3.05, 3.63) is 0 Å². The molecule has 0 radical (unpaired) electrons. The lowest BCUT2D eigenvalue weighted by molar-refractivity contribution is -0.00294. The molecule has 4 nitrogen and oxygen atoms in total. The standard InChI is InChI=1S/C8H18O2.C3H8O2/c1-4-6-10-8(3)7-9-5-2;1-3(5)2-4/h8H,4-7H2,1-3H3;3-5H,2H2,1H3. The van der Waals surface area contributed by atoms with Gasteiger partial charge in [0, 0.05) is 13.2 Å². The summed E-state index contributed by atoms with van der Waals surface area (Å²) >= 11 is 0. The molecular formula is C11H26O4. The predicted octanol–water partition coefficient (Wildman–Crippen LogP) is 1.20. The summed E-state index contributed by atoms with van der Waals surface area (Å²) in [6.45, 7) is 9.86. The molecule has 0 amide bonds. The molecule has 94 valence electrons. The topological polar surface area (TPSA) is 58.9 Å². The highest BCUT2D eigenvalue weighted by Gasteiger charge is 1.98. The van der Waals surface area contributed by atoms with Gasteiger partial charge >= 0.3 is 0 Å². The first-order valence-electron chi connectivity index (χ1n) is 5.56. The van der Waals surface area contributed by atoms with Gasteiger partial charge in [0.05, 0.1) is 25.4 Å².